The number of aromatic nitrogens is 4. The third-order valence-electron chi connectivity index (χ3n) is 5.10. The van der Waals surface area contributed by atoms with Gasteiger partial charge < -0.3 is 9.64 Å². The number of carbonyl (C=O) groups is 1. The second-order valence-corrected chi connectivity index (χ2v) is 7.31. The molecule has 7 nitrogen and oxygen atoms in total. The molecule has 1 saturated heterocycles. The topological polar surface area (TPSA) is 73.1 Å². The minimum absolute atomic E-state index is 0.101. The average molecular weight is 431 g/mol. The van der Waals surface area contributed by atoms with Crippen molar-refractivity contribution >= 4 is 5.91 Å². The first-order valence-corrected chi connectivity index (χ1v) is 9.78. The fraction of sp³-hybridized carbons (Fsp3) is 0.333. The predicted octanol–water partition coefficient (Wildman–Crippen LogP) is 3.67. The Hall–Kier alpha value is -3.43. The number of hydrogen-bond acceptors (Lipinski definition) is 5. The molecule has 1 fully saturated rings. The summed E-state index contributed by atoms with van der Waals surface area (Å²) in [6, 6.07) is 7.55. The minimum Gasteiger partial charge on any atom is -0.472 e. The van der Waals surface area contributed by atoms with Crippen molar-refractivity contribution in [3.8, 4) is 11.6 Å². The summed E-state index contributed by atoms with van der Waals surface area (Å²) >= 11 is 0. The SMILES string of the molecule is Cc1cccc(C(=O)N2CCCC(Oc3ccc(C(F)(F)F)cn3)C2)c1-n1nccn1. The lowest BCUT2D eigenvalue weighted by molar-refractivity contribution is -0.137. The van der Waals surface area contributed by atoms with Gasteiger partial charge in [-0.2, -0.15) is 28.2 Å². The van der Waals surface area contributed by atoms with Gasteiger partial charge in [-0.1, -0.05) is 12.1 Å². The molecule has 1 atom stereocenters. The number of nitrogens with zero attached hydrogens (tertiary/aromatic N) is 5. The van der Waals surface area contributed by atoms with Crippen molar-refractivity contribution in [3.63, 3.8) is 0 Å². The van der Waals surface area contributed by atoms with E-state index < -0.39 is 11.7 Å². The predicted molar refractivity (Wildman–Crippen MR) is 105 cm³/mol. The van der Waals surface area contributed by atoms with Crippen LogP contribution in [0, 0.1) is 6.92 Å². The number of pyridine rings is 1. The number of carbonyl (C=O) groups excluding carboxylic acids is 1. The van der Waals surface area contributed by atoms with Crippen molar-refractivity contribution in [2.75, 3.05) is 13.1 Å². The summed E-state index contributed by atoms with van der Waals surface area (Å²) < 4.78 is 43.9. The van der Waals surface area contributed by atoms with Gasteiger partial charge in [-0.3, -0.25) is 4.79 Å². The van der Waals surface area contributed by atoms with E-state index in [-0.39, 0.29) is 17.9 Å². The molecular weight excluding hydrogens is 411 g/mol. The molecule has 1 unspecified atom stereocenters. The van der Waals surface area contributed by atoms with Crippen LogP contribution in [0.5, 0.6) is 5.88 Å². The van der Waals surface area contributed by atoms with Crippen LogP contribution in [0.1, 0.15) is 34.3 Å². The van der Waals surface area contributed by atoms with Crippen LogP contribution in [0.15, 0.2) is 48.9 Å². The molecule has 31 heavy (non-hydrogen) atoms. The molecule has 1 amide bonds. The maximum absolute atomic E-state index is 13.3. The molecule has 0 saturated carbocycles. The first-order chi connectivity index (χ1) is 14.8. The number of benzene rings is 1. The zero-order valence-corrected chi connectivity index (χ0v) is 16.7. The van der Waals surface area contributed by atoms with Crippen molar-refractivity contribution in [3.05, 3.63) is 65.6 Å². The molecule has 4 rings (SSSR count). The Morgan fingerprint density at radius 3 is 2.61 bits per heavy atom. The second kappa shape index (κ2) is 8.37. The number of likely N-dealkylation sites (tertiary alicyclic amines) is 1. The monoisotopic (exact) mass is 431 g/mol. The van der Waals surface area contributed by atoms with E-state index in [0.29, 0.717) is 37.2 Å². The number of ether oxygens (including phenoxy) is 1. The molecule has 0 N–H and O–H groups in total. The van der Waals surface area contributed by atoms with Crippen molar-refractivity contribution in [1.82, 2.24) is 24.9 Å². The van der Waals surface area contributed by atoms with E-state index in [4.69, 9.17) is 4.74 Å². The van der Waals surface area contributed by atoms with E-state index in [9.17, 15) is 18.0 Å². The molecular formula is C21H20F3N5O2. The standard InChI is InChI=1S/C21H20F3N5O2/c1-14-4-2-6-17(19(14)29-26-9-10-27-29)20(30)28-11-3-5-16(13-28)31-18-8-7-15(12-25-18)21(22,23)24/h2,4,6-10,12,16H,3,5,11,13H2,1H3. The van der Waals surface area contributed by atoms with E-state index in [1.54, 1.807) is 29.4 Å². The number of hydrogen-bond donors (Lipinski definition) is 0. The first kappa shape index (κ1) is 20.8. The van der Waals surface area contributed by atoms with E-state index in [2.05, 4.69) is 15.2 Å². The number of alkyl halides is 3. The van der Waals surface area contributed by atoms with Gasteiger partial charge in [0.2, 0.25) is 5.88 Å². The van der Waals surface area contributed by atoms with Crippen LogP contribution in [-0.4, -0.2) is 50.0 Å². The quantitative estimate of drug-likeness (QED) is 0.630. The molecule has 1 aliphatic rings. The summed E-state index contributed by atoms with van der Waals surface area (Å²) in [4.78, 5) is 20.1. The average Bonchev–Trinajstić information content (AvgIpc) is 3.27. The fourth-order valence-electron chi connectivity index (χ4n) is 3.61. The Morgan fingerprint density at radius 1 is 1.16 bits per heavy atom. The third-order valence-corrected chi connectivity index (χ3v) is 5.10. The summed E-state index contributed by atoms with van der Waals surface area (Å²) in [5.41, 5.74) is 1.12. The van der Waals surface area contributed by atoms with Crippen LogP contribution in [0.25, 0.3) is 5.69 Å². The second-order valence-electron chi connectivity index (χ2n) is 7.31. The smallest absolute Gasteiger partial charge is 0.417 e. The summed E-state index contributed by atoms with van der Waals surface area (Å²) in [5.74, 6) is -0.0750. The Labute approximate surface area is 176 Å². The van der Waals surface area contributed by atoms with Crippen molar-refractivity contribution < 1.29 is 22.7 Å². The Balaban J connectivity index is 1.49. The number of para-hydroxylation sites is 1. The summed E-state index contributed by atoms with van der Waals surface area (Å²) in [5, 5.41) is 8.30. The van der Waals surface area contributed by atoms with E-state index in [0.717, 1.165) is 17.8 Å². The Kier molecular flexibility index (Phi) is 5.62. The van der Waals surface area contributed by atoms with Gasteiger partial charge in [0.25, 0.3) is 5.91 Å². The lowest BCUT2D eigenvalue weighted by Gasteiger charge is -2.33. The Morgan fingerprint density at radius 2 is 1.94 bits per heavy atom. The Bertz CT molecular complexity index is 1050. The molecule has 162 valence electrons. The normalized spacial score (nSPS) is 16.9. The zero-order chi connectivity index (χ0) is 22.0. The van der Waals surface area contributed by atoms with Crippen molar-refractivity contribution in [1.29, 1.82) is 0 Å². The van der Waals surface area contributed by atoms with E-state index >= 15 is 0 Å². The summed E-state index contributed by atoms with van der Waals surface area (Å²) in [6.45, 7) is 2.74. The molecule has 1 aromatic carbocycles. The third kappa shape index (κ3) is 4.52. The minimum atomic E-state index is -4.45. The van der Waals surface area contributed by atoms with Gasteiger partial charge in [-0.05, 0) is 37.5 Å². The van der Waals surface area contributed by atoms with Gasteiger partial charge in [-0.25, -0.2) is 4.98 Å². The molecule has 0 radical (unpaired) electrons. The highest BCUT2D eigenvalue weighted by molar-refractivity contribution is 5.98. The molecule has 3 heterocycles. The molecule has 0 spiro atoms. The summed E-state index contributed by atoms with van der Waals surface area (Å²) in [6.07, 6.45) is 0.404. The molecule has 1 aliphatic heterocycles. The van der Waals surface area contributed by atoms with Crippen molar-refractivity contribution in [2.45, 2.75) is 32.0 Å². The van der Waals surface area contributed by atoms with Crippen LogP contribution in [0.2, 0.25) is 0 Å². The highest BCUT2D eigenvalue weighted by Crippen LogP contribution is 2.29. The number of aryl methyl sites for hydroxylation is 1. The van der Waals surface area contributed by atoms with Crippen LogP contribution in [0.3, 0.4) is 0 Å². The maximum atomic E-state index is 13.3. The lowest BCUT2D eigenvalue weighted by atomic mass is 10.0. The molecule has 3 aromatic rings. The van der Waals surface area contributed by atoms with Gasteiger partial charge in [0.05, 0.1) is 30.1 Å². The van der Waals surface area contributed by atoms with E-state index in [1.165, 1.54) is 10.9 Å². The number of piperidine rings is 1. The first-order valence-electron chi connectivity index (χ1n) is 9.78. The molecule has 0 bridgehead atoms. The van der Waals surface area contributed by atoms with Gasteiger partial charge >= 0.3 is 6.18 Å². The summed E-state index contributed by atoms with van der Waals surface area (Å²) in [7, 11) is 0. The number of rotatable bonds is 4. The van der Waals surface area contributed by atoms with Crippen molar-refractivity contribution in [2.24, 2.45) is 0 Å². The highest BCUT2D eigenvalue weighted by Gasteiger charge is 2.31. The highest BCUT2D eigenvalue weighted by atomic mass is 19.4. The van der Waals surface area contributed by atoms with E-state index in [1.807, 2.05) is 13.0 Å². The van der Waals surface area contributed by atoms with Crippen LogP contribution < -0.4 is 4.74 Å². The zero-order valence-electron chi connectivity index (χ0n) is 16.7. The molecule has 0 aliphatic carbocycles. The number of amides is 1. The van der Waals surface area contributed by atoms with Crippen LogP contribution >= 0.6 is 0 Å². The van der Waals surface area contributed by atoms with Gasteiger partial charge in [0.15, 0.2) is 0 Å². The number of halogens is 3. The van der Waals surface area contributed by atoms with Gasteiger partial charge in [0, 0.05) is 18.8 Å². The van der Waals surface area contributed by atoms with Crippen LogP contribution in [0.4, 0.5) is 13.2 Å². The van der Waals surface area contributed by atoms with Crippen LogP contribution in [-0.2, 0) is 6.18 Å². The maximum Gasteiger partial charge on any atom is 0.417 e. The largest absolute Gasteiger partial charge is 0.472 e. The van der Waals surface area contributed by atoms with Gasteiger partial charge in [0.1, 0.15) is 11.8 Å². The molecule has 10 heteroatoms. The van der Waals surface area contributed by atoms with Gasteiger partial charge in [-0.15, -0.1) is 0 Å². The molecule has 2 aromatic heterocycles. The fourth-order valence-corrected chi connectivity index (χ4v) is 3.61. The lowest BCUT2D eigenvalue weighted by Crippen LogP contribution is -2.44.